The van der Waals surface area contributed by atoms with Crippen LogP contribution in [0.15, 0.2) is 36.5 Å². The second-order valence-corrected chi connectivity index (χ2v) is 4.00. The third-order valence-corrected chi connectivity index (χ3v) is 2.72. The Morgan fingerprint density at radius 3 is 2.56 bits per heavy atom. The molecule has 0 bridgehead atoms. The summed E-state index contributed by atoms with van der Waals surface area (Å²) in [7, 11) is 0. The standard InChI is InChI=1S/C13H17N3/c1-3-10(2)15-12-6-4-11(5-7-12)13-8-9-14-16-13/h4-10,15H,3H2,1-2H3,(H,14,16). The highest BCUT2D eigenvalue weighted by Crippen LogP contribution is 2.19. The van der Waals surface area contributed by atoms with Crippen molar-refractivity contribution in [2.45, 2.75) is 26.3 Å². The van der Waals surface area contributed by atoms with Crippen molar-refractivity contribution >= 4 is 5.69 Å². The molecule has 0 saturated carbocycles. The summed E-state index contributed by atoms with van der Waals surface area (Å²) >= 11 is 0. The first-order valence-electron chi connectivity index (χ1n) is 5.66. The largest absolute Gasteiger partial charge is 0.383 e. The Morgan fingerprint density at radius 2 is 2.00 bits per heavy atom. The zero-order valence-electron chi connectivity index (χ0n) is 9.70. The van der Waals surface area contributed by atoms with E-state index in [0.29, 0.717) is 6.04 Å². The third-order valence-electron chi connectivity index (χ3n) is 2.72. The van der Waals surface area contributed by atoms with Crippen LogP contribution in [0.4, 0.5) is 5.69 Å². The smallest absolute Gasteiger partial charge is 0.0650 e. The number of hydrogen-bond donors (Lipinski definition) is 2. The van der Waals surface area contributed by atoms with E-state index in [4.69, 9.17) is 0 Å². The molecule has 0 spiro atoms. The number of aromatic nitrogens is 2. The van der Waals surface area contributed by atoms with Crippen molar-refractivity contribution in [1.29, 1.82) is 0 Å². The predicted octanol–water partition coefficient (Wildman–Crippen LogP) is 3.29. The van der Waals surface area contributed by atoms with E-state index in [1.54, 1.807) is 6.20 Å². The maximum absolute atomic E-state index is 3.94. The average Bonchev–Trinajstić information content (AvgIpc) is 2.83. The van der Waals surface area contributed by atoms with Crippen LogP contribution >= 0.6 is 0 Å². The molecule has 2 aromatic rings. The van der Waals surface area contributed by atoms with E-state index < -0.39 is 0 Å². The molecule has 1 aromatic heterocycles. The normalized spacial score (nSPS) is 12.4. The molecule has 0 aliphatic carbocycles. The zero-order chi connectivity index (χ0) is 11.4. The van der Waals surface area contributed by atoms with Gasteiger partial charge in [0.15, 0.2) is 0 Å². The maximum Gasteiger partial charge on any atom is 0.0650 e. The van der Waals surface area contributed by atoms with Gasteiger partial charge in [0.2, 0.25) is 0 Å². The van der Waals surface area contributed by atoms with Gasteiger partial charge in [-0.05, 0) is 37.1 Å². The molecule has 0 aliphatic heterocycles. The number of anilines is 1. The van der Waals surface area contributed by atoms with Crippen LogP contribution in [0.5, 0.6) is 0 Å². The quantitative estimate of drug-likeness (QED) is 0.821. The lowest BCUT2D eigenvalue weighted by atomic mass is 10.1. The van der Waals surface area contributed by atoms with Gasteiger partial charge in [-0.25, -0.2) is 0 Å². The van der Waals surface area contributed by atoms with Gasteiger partial charge in [0, 0.05) is 17.9 Å². The van der Waals surface area contributed by atoms with Gasteiger partial charge in [-0.15, -0.1) is 0 Å². The Balaban J connectivity index is 2.11. The van der Waals surface area contributed by atoms with Crippen LogP contribution < -0.4 is 5.32 Å². The molecule has 3 nitrogen and oxygen atoms in total. The minimum atomic E-state index is 0.512. The van der Waals surface area contributed by atoms with E-state index in [2.05, 4.69) is 53.6 Å². The predicted molar refractivity (Wildman–Crippen MR) is 67.4 cm³/mol. The number of H-pyrrole nitrogens is 1. The van der Waals surface area contributed by atoms with E-state index >= 15 is 0 Å². The molecule has 84 valence electrons. The summed E-state index contributed by atoms with van der Waals surface area (Å²) in [6.45, 7) is 4.36. The van der Waals surface area contributed by atoms with Crippen molar-refractivity contribution in [3.8, 4) is 11.3 Å². The van der Waals surface area contributed by atoms with E-state index in [-0.39, 0.29) is 0 Å². The molecule has 1 atom stereocenters. The Morgan fingerprint density at radius 1 is 1.25 bits per heavy atom. The van der Waals surface area contributed by atoms with Gasteiger partial charge in [0.1, 0.15) is 0 Å². The first kappa shape index (κ1) is 10.7. The van der Waals surface area contributed by atoms with Gasteiger partial charge < -0.3 is 5.32 Å². The van der Waals surface area contributed by atoms with Crippen LogP contribution in [-0.4, -0.2) is 16.2 Å². The summed E-state index contributed by atoms with van der Waals surface area (Å²) in [5, 5.41) is 10.3. The molecule has 2 rings (SSSR count). The molecule has 1 unspecified atom stereocenters. The van der Waals surface area contributed by atoms with Gasteiger partial charge in [0.05, 0.1) is 5.69 Å². The highest BCUT2D eigenvalue weighted by Gasteiger charge is 2.00. The van der Waals surface area contributed by atoms with Crippen LogP contribution in [0.25, 0.3) is 11.3 Å². The van der Waals surface area contributed by atoms with Crippen molar-refractivity contribution in [2.75, 3.05) is 5.32 Å². The van der Waals surface area contributed by atoms with E-state index in [9.17, 15) is 0 Å². The van der Waals surface area contributed by atoms with Gasteiger partial charge >= 0.3 is 0 Å². The van der Waals surface area contributed by atoms with Crippen LogP contribution in [0.3, 0.4) is 0 Å². The number of aromatic amines is 1. The van der Waals surface area contributed by atoms with Crippen LogP contribution in [-0.2, 0) is 0 Å². The van der Waals surface area contributed by atoms with Crippen molar-refractivity contribution in [3.63, 3.8) is 0 Å². The minimum Gasteiger partial charge on any atom is -0.383 e. The summed E-state index contributed by atoms with van der Waals surface area (Å²) in [6, 6.07) is 10.9. The Labute approximate surface area is 95.9 Å². The lowest BCUT2D eigenvalue weighted by Gasteiger charge is -2.12. The van der Waals surface area contributed by atoms with Crippen LogP contribution in [0, 0.1) is 0 Å². The summed E-state index contributed by atoms with van der Waals surface area (Å²) in [5.41, 5.74) is 3.37. The van der Waals surface area contributed by atoms with Crippen molar-refractivity contribution in [3.05, 3.63) is 36.5 Å². The molecule has 0 radical (unpaired) electrons. The summed E-state index contributed by atoms with van der Waals surface area (Å²) < 4.78 is 0. The molecule has 1 heterocycles. The van der Waals surface area contributed by atoms with E-state index in [1.807, 2.05) is 6.07 Å². The molecule has 0 fully saturated rings. The van der Waals surface area contributed by atoms with Gasteiger partial charge in [-0.1, -0.05) is 19.1 Å². The first-order chi connectivity index (χ1) is 7.79. The Kier molecular flexibility index (Phi) is 3.25. The summed E-state index contributed by atoms with van der Waals surface area (Å²) in [4.78, 5) is 0. The number of benzene rings is 1. The second-order valence-electron chi connectivity index (χ2n) is 4.00. The fraction of sp³-hybridized carbons (Fsp3) is 0.308. The molecule has 2 N–H and O–H groups in total. The zero-order valence-corrected chi connectivity index (χ0v) is 9.70. The van der Waals surface area contributed by atoms with Crippen molar-refractivity contribution < 1.29 is 0 Å². The molecule has 16 heavy (non-hydrogen) atoms. The van der Waals surface area contributed by atoms with E-state index in [0.717, 1.165) is 23.4 Å². The lowest BCUT2D eigenvalue weighted by molar-refractivity contribution is 0.764. The average molecular weight is 215 g/mol. The van der Waals surface area contributed by atoms with Crippen molar-refractivity contribution in [1.82, 2.24) is 10.2 Å². The maximum atomic E-state index is 3.94. The fourth-order valence-electron chi connectivity index (χ4n) is 1.55. The fourth-order valence-corrected chi connectivity index (χ4v) is 1.55. The highest BCUT2D eigenvalue weighted by atomic mass is 15.1. The molecule has 0 amide bonds. The first-order valence-corrected chi connectivity index (χ1v) is 5.66. The topological polar surface area (TPSA) is 40.7 Å². The SMILES string of the molecule is CCC(C)Nc1ccc(-c2ccn[nH]2)cc1. The molecule has 1 aromatic carbocycles. The van der Waals surface area contributed by atoms with Gasteiger partial charge in [-0.2, -0.15) is 5.10 Å². The Hall–Kier alpha value is -1.77. The number of hydrogen-bond acceptors (Lipinski definition) is 2. The van der Waals surface area contributed by atoms with Crippen LogP contribution in [0.1, 0.15) is 20.3 Å². The molecular formula is C13H17N3. The van der Waals surface area contributed by atoms with Gasteiger partial charge in [-0.3, -0.25) is 5.10 Å². The number of nitrogens with one attached hydrogen (secondary N) is 2. The van der Waals surface area contributed by atoms with Gasteiger partial charge in [0.25, 0.3) is 0 Å². The van der Waals surface area contributed by atoms with E-state index in [1.165, 1.54) is 0 Å². The Bertz CT molecular complexity index is 417. The molecule has 3 heteroatoms. The van der Waals surface area contributed by atoms with Crippen LogP contribution in [0.2, 0.25) is 0 Å². The highest BCUT2D eigenvalue weighted by molar-refractivity contribution is 5.62. The molecule has 0 saturated heterocycles. The third kappa shape index (κ3) is 2.42. The minimum absolute atomic E-state index is 0.512. The number of rotatable bonds is 4. The molecular weight excluding hydrogens is 198 g/mol. The van der Waals surface area contributed by atoms with Crippen molar-refractivity contribution in [2.24, 2.45) is 0 Å². The molecule has 0 aliphatic rings. The second kappa shape index (κ2) is 4.84. The number of nitrogens with zero attached hydrogens (tertiary/aromatic N) is 1. The lowest BCUT2D eigenvalue weighted by Crippen LogP contribution is -2.12. The monoisotopic (exact) mass is 215 g/mol. The summed E-state index contributed by atoms with van der Waals surface area (Å²) in [5.74, 6) is 0. The summed E-state index contributed by atoms with van der Waals surface area (Å²) in [6.07, 6.45) is 2.89.